The van der Waals surface area contributed by atoms with E-state index in [-0.39, 0.29) is 6.10 Å². The highest BCUT2D eigenvalue weighted by atomic mass is 35.5. The Balaban J connectivity index is 1.94. The fraction of sp³-hybridized carbons (Fsp3) is 0.583. The summed E-state index contributed by atoms with van der Waals surface area (Å²) in [7, 11) is 0. The first kappa shape index (κ1) is 11.8. The minimum atomic E-state index is -0.648. The number of ether oxygens (including phenoxy) is 1. The summed E-state index contributed by atoms with van der Waals surface area (Å²) in [4.78, 5) is 3.92. The second-order valence-corrected chi connectivity index (χ2v) is 4.76. The smallest absolute Gasteiger partial charge is 0.0737 e. The number of aromatic nitrogens is 1. The molecule has 0 bridgehead atoms. The maximum absolute atomic E-state index is 10.2. The summed E-state index contributed by atoms with van der Waals surface area (Å²) in [5.74, 6) is 0. The van der Waals surface area contributed by atoms with E-state index < -0.39 is 5.60 Å². The van der Waals surface area contributed by atoms with Gasteiger partial charge in [-0.2, -0.15) is 0 Å². The van der Waals surface area contributed by atoms with E-state index in [0.29, 0.717) is 30.9 Å². The molecule has 0 spiro atoms. The Hall–Kier alpha value is -0.640. The number of aliphatic hydroxyl groups is 1. The van der Waals surface area contributed by atoms with Crippen LogP contribution in [-0.2, 0) is 11.2 Å². The van der Waals surface area contributed by atoms with Gasteiger partial charge in [0, 0.05) is 38.3 Å². The molecule has 0 aliphatic heterocycles. The van der Waals surface area contributed by atoms with Crippen molar-refractivity contribution < 1.29 is 9.84 Å². The first-order valence-corrected chi connectivity index (χ1v) is 5.93. The Morgan fingerprint density at radius 2 is 2.38 bits per heavy atom. The highest BCUT2D eigenvalue weighted by Crippen LogP contribution is 2.38. The van der Waals surface area contributed by atoms with Crippen LogP contribution in [0.15, 0.2) is 18.5 Å². The molecule has 0 radical (unpaired) electrons. The van der Waals surface area contributed by atoms with Gasteiger partial charge in [0.1, 0.15) is 0 Å². The normalized spacial score (nSPS) is 28.8. The third kappa shape index (κ3) is 2.54. The van der Waals surface area contributed by atoms with Gasteiger partial charge in [0.05, 0.1) is 16.7 Å². The predicted octanol–water partition coefficient (Wildman–Crippen LogP) is 2.21. The van der Waals surface area contributed by atoms with Crippen LogP contribution in [0.5, 0.6) is 0 Å². The summed E-state index contributed by atoms with van der Waals surface area (Å²) in [6.45, 7) is 2.67. The number of nitrogens with zero attached hydrogens (tertiary/aromatic N) is 1. The van der Waals surface area contributed by atoms with Crippen LogP contribution in [0.4, 0.5) is 0 Å². The summed E-state index contributed by atoms with van der Waals surface area (Å²) in [6.07, 6.45) is 5.48. The lowest BCUT2D eigenvalue weighted by atomic mass is 9.74. The van der Waals surface area contributed by atoms with E-state index in [0.717, 1.165) is 5.56 Å². The van der Waals surface area contributed by atoms with Crippen LogP contribution in [0.3, 0.4) is 0 Å². The molecule has 16 heavy (non-hydrogen) atoms. The highest BCUT2D eigenvalue weighted by molar-refractivity contribution is 6.31. The summed E-state index contributed by atoms with van der Waals surface area (Å²) in [5.41, 5.74) is 0.305. The molecule has 1 aromatic heterocycles. The number of halogens is 1. The van der Waals surface area contributed by atoms with Gasteiger partial charge < -0.3 is 9.84 Å². The second-order valence-electron chi connectivity index (χ2n) is 4.35. The molecule has 0 atom stereocenters. The molecule has 0 aromatic carbocycles. The number of hydrogen-bond donors (Lipinski definition) is 1. The van der Waals surface area contributed by atoms with Gasteiger partial charge in [0.25, 0.3) is 0 Å². The maximum Gasteiger partial charge on any atom is 0.0737 e. The summed E-state index contributed by atoms with van der Waals surface area (Å²) >= 11 is 6.00. The van der Waals surface area contributed by atoms with Crippen LogP contribution in [0.2, 0.25) is 5.02 Å². The van der Waals surface area contributed by atoms with Crippen LogP contribution in [0, 0.1) is 0 Å². The molecule has 0 saturated heterocycles. The standard InChI is InChI=1S/C12H16ClNO2/c1-2-16-10-6-12(15,7-10)5-9-3-4-14-8-11(9)13/h3-4,8,10,15H,2,5-7H2,1H3. The SMILES string of the molecule is CCOC1CC(O)(Cc2ccncc2Cl)C1. The Morgan fingerprint density at radius 3 is 3.00 bits per heavy atom. The molecule has 88 valence electrons. The van der Waals surface area contributed by atoms with Gasteiger partial charge in [-0.25, -0.2) is 0 Å². The number of rotatable bonds is 4. The first-order valence-electron chi connectivity index (χ1n) is 5.55. The highest BCUT2D eigenvalue weighted by Gasteiger charge is 2.43. The molecular weight excluding hydrogens is 226 g/mol. The first-order chi connectivity index (χ1) is 7.63. The molecule has 1 saturated carbocycles. The zero-order valence-electron chi connectivity index (χ0n) is 9.32. The lowest BCUT2D eigenvalue weighted by molar-refractivity contribution is -0.136. The van der Waals surface area contributed by atoms with Crippen LogP contribution in [0.1, 0.15) is 25.3 Å². The van der Waals surface area contributed by atoms with Crippen LogP contribution >= 0.6 is 11.6 Å². The molecular formula is C12H16ClNO2. The van der Waals surface area contributed by atoms with Crippen molar-refractivity contribution in [3.8, 4) is 0 Å². The Labute approximate surface area is 100 Å². The van der Waals surface area contributed by atoms with E-state index in [1.807, 2.05) is 13.0 Å². The quantitative estimate of drug-likeness (QED) is 0.879. The lowest BCUT2D eigenvalue weighted by Gasteiger charge is -2.43. The molecule has 0 unspecified atom stereocenters. The van der Waals surface area contributed by atoms with E-state index in [1.54, 1.807) is 12.4 Å². The molecule has 3 nitrogen and oxygen atoms in total. The largest absolute Gasteiger partial charge is 0.389 e. The van der Waals surface area contributed by atoms with E-state index in [1.165, 1.54) is 0 Å². The van der Waals surface area contributed by atoms with Gasteiger partial charge in [-0.15, -0.1) is 0 Å². The predicted molar refractivity (Wildman–Crippen MR) is 62.5 cm³/mol. The maximum atomic E-state index is 10.2. The third-order valence-electron chi connectivity index (χ3n) is 2.99. The van der Waals surface area contributed by atoms with Gasteiger partial charge in [-0.3, -0.25) is 4.98 Å². The van der Waals surface area contributed by atoms with E-state index >= 15 is 0 Å². The monoisotopic (exact) mass is 241 g/mol. The lowest BCUT2D eigenvalue weighted by Crippen LogP contribution is -2.49. The summed E-state index contributed by atoms with van der Waals surface area (Å²) in [6, 6.07) is 1.86. The van der Waals surface area contributed by atoms with Crippen molar-refractivity contribution in [2.75, 3.05) is 6.61 Å². The molecule has 1 aromatic rings. The molecule has 1 aliphatic carbocycles. The molecule has 1 N–H and O–H groups in total. The van der Waals surface area contributed by atoms with Crippen LogP contribution in [0.25, 0.3) is 0 Å². The molecule has 4 heteroatoms. The number of hydrogen-bond acceptors (Lipinski definition) is 3. The summed E-state index contributed by atoms with van der Waals surface area (Å²) in [5, 5.41) is 10.8. The van der Waals surface area contributed by atoms with Crippen molar-refractivity contribution in [2.24, 2.45) is 0 Å². The van der Waals surface area contributed by atoms with Crippen molar-refractivity contribution in [2.45, 2.75) is 37.9 Å². The van der Waals surface area contributed by atoms with Gasteiger partial charge in [0.15, 0.2) is 0 Å². The summed E-state index contributed by atoms with van der Waals surface area (Å²) < 4.78 is 5.44. The minimum Gasteiger partial charge on any atom is -0.389 e. The van der Waals surface area contributed by atoms with E-state index in [2.05, 4.69) is 4.98 Å². The van der Waals surface area contributed by atoms with Crippen LogP contribution in [-0.4, -0.2) is 28.4 Å². The van der Waals surface area contributed by atoms with Gasteiger partial charge in [-0.1, -0.05) is 11.6 Å². The molecule has 1 aliphatic rings. The Kier molecular flexibility index (Phi) is 3.47. The van der Waals surface area contributed by atoms with Gasteiger partial charge in [-0.05, 0) is 18.6 Å². The van der Waals surface area contributed by atoms with Gasteiger partial charge in [0.2, 0.25) is 0 Å². The molecule has 2 rings (SSSR count). The van der Waals surface area contributed by atoms with Gasteiger partial charge >= 0.3 is 0 Å². The van der Waals surface area contributed by atoms with Crippen molar-refractivity contribution in [1.29, 1.82) is 0 Å². The molecule has 1 fully saturated rings. The van der Waals surface area contributed by atoms with Crippen molar-refractivity contribution in [1.82, 2.24) is 4.98 Å². The van der Waals surface area contributed by atoms with Crippen molar-refractivity contribution in [3.05, 3.63) is 29.0 Å². The topological polar surface area (TPSA) is 42.4 Å². The number of pyridine rings is 1. The Bertz CT molecular complexity index is 364. The van der Waals surface area contributed by atoms with E-state index in [4.69, 9.17) is 16.3 Å². The Morgan fingerprint density at radius 1 is 1.62 bits per heavy atom. The minimum absolute atomic E-state index is 0.204. The fourth-order valence-corrected chi connectivity index (χ4v) is 2.37. The molecule has 0 amide bonds. The third-order valence-corrected chi connectivity index (χ3v) is 3.33. The van der Waals surface area contributed by atoms with Crippen LogP contribution < -0.4 is 0 Å². The average molecular weight is 242 g/mol. The average Bonchev–Trinajstić information content (AvgIpc) is 2.20. The zero-order valence-corrected chi connectivity index (χ0v) is 10.1. The molecule has 1 heterocycles. The van der Waals surface area contributed by atoms with E-state index in [9.17, 15) is 5.11 Å². The zero-order chi connectivity index (χ0) is 11.6. The van der Waals surface area contributed by atoms with Crippen molar-refractivity contribution >= 4 is 11.6 Å². The second kappa shape index (κ2) is 4.70. The fourth-order valence-electron chi connectivity index (χ4n) is 2.19. The van der Waals surface area contributed by atoms with Crippen molar-refractivity contribution in [3.63, 3.8) is 0 Å².